The number of ether oxygens (including phenoxy) is 1. The summed E-state index contributed by atoms with van der Waals surface area (Å²) in [5.74, 6) is 1.34. The van der Waals surface area contributed by atoms with Crippen molar-refractivity contribution >= 4 is 17.7 Å². The van der Waals surface area contributed by atoms with Crippen molar-refractivity contribution in [1.29, 1.82) is 0 Å². The van der Waals surface area contributed by atoms with Crippen LogP contribution in [-0.2, 0) is 25.3 Å². The summed E-state index contributed by atoms with van der Waals surface area (Å²) >= 11 is 0. The highest BCUT2D eigenvalue weighted by molar-refractivity contribution is 7.94. The topological polar surface area (TPSA) is 110 Å². The summed E-state index contributed by atoms with van der Waals surface area (Å²) in [6, 6.07) is 16.7. The van der Waals surface area contributed by atoms with E-state index in [9.17, 15) is 22.8 Å². The van der Waals surface area contributed by atoms with Gasteiger partial charge in [-0.05, 0) is 61.9 Å². The third-order valence-corrected chi connectivity index (χ3v) is 9.37. The molecule has 1 atom stereocenters. The zero-order valence-corrected chi connectivity index (χ0v) is 19.0. The van der Waals surface area contributed by atoms with Gasteiger partial charge in [0.2, 0.25) is 0 Å². The van der Waals surface area contributed by atoms with Gasteiger partial charge in [-0.2, -0.15) is 8.42 Å². The summed E-state index contributed by atoms with van der Waals surface area (Å²) in [7, 11) is -9.25. The quantitative estimate of drug-likeness (QED) is 0.374. The summed E-state index contributed by atoms with van der Waals surface area (Å²) in [6.07, 6.45) is 4.03. The number of para-hydroxylation sites is 1. The van der Waals surface area contributed by atoms with Gasteiger partial charge in [0.25, 0.3) is 10.1 Å². The van der Waals surface area contributed by atoms with Crippen molar-refractivity contribution in [2.75, 3.05) is 0 Å². The second-order valence-corrected chi connectivity index (χ2v) is 11.7. The average molecular weight is 469 g/mol. The minimum Gasteiger partial charge on any atom is -0.457 e. The molecule has 0 aliphatic heterocycles. The van der Waals surface area contributed by atoms with Gasteiger partial charge in [-0.1, -0.05) is 49.6 Å². The highest BCUT2D eigenvalue weighted by atomic mass is 32.2. The molecule has 0 amide bonds. The first-order chi connectivity index (χ1) is 14.7. The molecule has 1 fully saturated rings. The Morgan fingerprint density at radius 3 is 2.32 bits per heavy atom. The highest BCUT2D eigenvalue weighted by Gasteiger charge is 2.42. The summed E-state index contributed by atoms with van der Waals surface area (Å²) in [5, 5.41) is 0. The number of rotatable bonds is 10. The molecule has 0 bridgehead atoms. The normalized spacial score (nSPS) is 16.7. The molecule has 7 nitrogen and oxygen atoms in total. The van der Waals surface area contributed by atoms with E-state index in [0.717, 1.165) is 24.8 Å². The Morgan fingerprint density at radius 1 is 0.968 bits per heavy atom. The lowest BCUT2D eigenvalue weighted by atomic mass is 9.98. The van der Waals surface area contributed by atoms with Crippen LogP contribution in [0.25, 0.3) is 0 Å². The van der Waals surface area contributed by atoms with E-state index in [1.807, 2.05) is 54.6 Å². The molecule has 1 aliphatic rings. The van der Waals surface area contributed by atoms with E-state index >= 15 is 0 Å². The minimum atomic E-state index is -4.88. The Morgan fingerprint density at radius 2 is 1.65 bits per heavy atom. The maximum Gasteiger partial charge on any atom is 0.346 e. The van der Waals surface area contributed by atoms with Gasteiger partial charge in [0.05, 0.1) is 6.10 Å². The van der Waals surface area contributed by atoms with E-state index in [4.69, 9.17) is 8.92 Å². The number of hydrogen-bond donors (Lipinski definition) is 2. The van der Waals surface area contributed by atoms with Crippen LogP contribution in [0, 0.1) is 0 Å². The SMILES string of the molecule is O=P(O)(O)C(CCCc1cccc(Oc2ccccc2)c1)S(=O)(=O)OC1CCCCC1. The maximum absolute atomic E-state index is 12.6. The molecule has 1 aliphatic carbocycles. The van der Waals surface area contributed by atoms with Crippen molar-refractivity contribution in [3.05, 3.63) is 60.2 Å². The third-order valence-electron chi connectivity index (χ3n) is 5.32. The lowest BCUT2D eigenvalue weighted by molar-refractivity contribution is 0.160. The van der Waals surface area contributed by atoms with Gasteiger partial charge in [-0.15, -0.1) is 0 Å². The van der Waals surface area contributed by atoms with E-state index < -0.39 is 28.8 Å². The second kappa shape index (κ2) is 10.7. The Hall–Kier alpha value is -1.70. The Labute approximate surface area is 183 Å². The zero-order valence-electron chi connectivity index (χ0n) is 17.3. The molecule has 2 aromatic carbocycles. The monoisotopic (exact) mass is 468 g/mol. The molecule has 0 spiro atoms. The standard InChI is InChI=1S/C22H29O7PS/c23-30(24,25)22(31(26,27)29-20-13-5-2-6-14-20)16-8-10-18-9-7-15-21(17-18)28-19-11-3-1-4-12-19/h1,3-4,7,9,11-12,15,17,20,22H,2,5-6,8,10,13-14,16H2,(H2,23,24,25). The largest absolute Gasteiger partial charge is 0.457 e. The summed E-state index contributed by atoms with van der Waals surface area (Å²) in [5.41, 5.74) is 0.892. The molecule has 1 unspecified atom stereocenters. The molecule has 31 heavy (non-hydrogen) atoms. The van der Waals surface area contributed by atoms with Crippen LogP contribution in [0.2, 0.25) is 0 Å². The van der Waals surface area contributed by atoms with Crippen LogP contribution >= 0.6 is 7.60 Å². The molecule has 3 rings (SSSR count). The van der Waals surface area contributed by atoms with Crippen LogP contribution in [0.4, 0.5) is 0 Å². The predicted octanol–water partition coefficient (Wildman–Crippen LogP) is 4.98. The van der Waals surface area contributed by atoms with Gasteiger partial charge in [-0.25, -0.2) is 0 Å². The molecule has 0 heterocycles. The van der Waals surface area contributed by atoms with Crippen LogP contribution < -0.4 is 4.74 Å². The van der Waals surface area contributed by atoms with Crippen LogP contribution in [0.1, 0.15) is 50.5 Å². The molecule has 0 aromatic heterocycles. The first kappa shape index (κ1) is 24.0. The zero-order chi connectivity index (χ0) is 22.3. The van der Waals surface area contributed by atoms with Gasteiger partial charge in [0.15, 0.2) is 4.99 Å². The van der Waals surface area contributed by atoms with Crippen LogP contribution in [0.5, 0.6) is 11.5 Å². The molecule has 170 valence electrons. The van der Waals surface area contributed by atoms with E-state index in [0.29, 0.717) is 30.8 Å². The molecule has 1 saturated carbocycles. The molecular weight excluding hydrogens is 439 g/mol. The van der Waals surface area contributed by atoms with Crippen LogP contribution in [0.15, 0.2) is 54.6 Å². The first-order valence-corrected chi connectivity index (χ1v) is 13.7. The third kappa shape index (κ3) is 7.44. The van der Waals surface area contributed by atoms with Crippen LogP contribution in [0.3, 0.4) is 0 Å². The van der Waals surface area contributed by atoms with E-state index in [-0.39, 0.29) is 12.8 Å². The maximum atomic E-state index is 12.6. The van der Waals surface area contributed by atoms with Crippen molar-refractivity contribution < 1.29 is 31.7 Å². The fourth-order valence-electron chi connectivity index (χ4n) is 3.77. The van der Waals surface area contributed by atoms with Gasteiger partial charge >= 0.3 is 7.60 Å². The van der Waals surface area contributed by atoms with Gasteiger partial charge < -0.3 is 14.5 Å². The fraction of sp³-hybridized carbons (Fsp3) is 0.455. The van der Waals surface area contributed by atoms with Gasteiger partial charge in [0, 0.05) is 0 Å². The van der Waals surface area contributed by atoms with Crippen LogP contribution in [-0.4, -0.2) is 29.3 Å². The molecule has 0 radical (unpaired) electrons. The first-order valence-electron chi connectivity index (χ1n) is 10.5. The molecule has 9 heteroatoms. The number of hydrogen-bond acceptors (Lipinski definition) is 5. The Balaban J connectivity index is 1.61. The smallest absolute Gasteiger partial charge is 0.346 e. The van der Waals surface area contributed by atoms with Gasteiger partial charge in [-0.3, -0.25) is 8.75 Å². The number of benzene rings is 2. The fourth-order valence-corrected chi connectivity index (χ4v) is 6.93. The van der Waals surface area contributed by atoms with Crippen molar-refractivity contribution in [1.82, 2.24) is 0 Å². The summed E-state index contributed by atoms with van der Waals surface area (Å²) < 4.78 is 48.2. The van der Waals surface area contributed by atoms with Crippen molar-refractivity contribution in [2.24, 2.45) is 0 Å². The van der Waals surface area contributed by atoms with Crippen molar-refractivity contribution in [3.8, 4) is 11.5 Å². The molecule has 2 N–H and O–H groups in total. The lowest BCUT2D eigenvalue weighted by Crippen LogP contribution is -2.29. The number of aryl methyl sites for hydroxylation is 1. The van der Waals surface area contributed by atoms with E-state index in [1.54, 1.807) is 0 Å². The Kier molecular flexibility index (Phi) is 8.30. The summed E-state index contributed by atoms with van der Waals surface area (Å²) in [6.45, 7) is 0. The lowest BCUT2D eigenvalue weighted by Gasteiger charge is -2.25. The van der Waals surface area contributed by atoms with E-state index in [1.165, 1.54) is 0 Å². The predicted molar refractivity (Wildman–Crippen MR) is 119 cm³/mol. The van der Waals surface area contributed by atoms with Gasteiger partial charge in [0.1, 0.15) is 11.5 Å². The van der Waals surface area contributed by atoms with Crippen molar-refractivity contribution in [3.63, 3.8) is 0 Å². The molecular formula is C22H29O7PS. The minimum absolute atomic E-state index is 0.177. The molecule has 0 saturated heterocycles. The van der Waals surface area contributed by atoms with Crippen molar-refractivity contribution in [2.45, 2.75) is 62.5 Å². The Bertz CT molecular complexity index is 982. The average Bonchev–Trinajstić information content (AvgIpc) is 2.71. The van der Waals surface area contributed by atoms with E-state index in [2.05, 4.69) is 0 Å². The summed E-state index contributed by atoms with van der Waals surface area (Å²) in [4.78, 5) is 17.5. The molecule has 2 aromatic rings. The second-order valence-electron chi connectivity index (χ2n) is 7.85. The highest BCUT2D eigenvalue weighted by Crippen LogP contribution is 2.47.